The summed E-state index contributed by atoms with van der Waals surface area (Å²) >= 11 is 0. The fourth-order valence-electron chi connectivity index (χ4n) is 3.50. The van der Waals surface area contributed by atoms with E-state index in [0.29, 0.717) is 17.5 Å². The number of nitrogens with zero attached hydrogens (tertiary/aromatic N) is 1. The number of methoxy groups -OCH3 is 1. The summed E-state index contributed by atoms with van der Waals surface area (Å²) in [6.07, 6.45) is 1.99. The van der Waals surface area contributed by atoms with Gasteiger partial charge in [0.2, 0.25) is 5.91 Å². The smallest absolute Gasteiger partial charge is 0.337 e. The van der Waals surface area contributed by atoms with Crippen LogP contribution in [0.5, 0.6) is 0 Å². The summed E-state index contributed by atoms with van der Waals surface area (Å²) in [4.78, 5) is 37.8. The molecule has 3 N–H and O–H groups in total. The summed E-state index contributed by atoms with van der Waals surface area (Å²) in [6, 6.07) is 6.67. The fourth-order valence-corrected chi connectivity index (χ4v) is 3.50. The van der Waals surface area contributed by atoms with Crippen LogP contribution >= 0.6 is 0 Å². The van der Waals surface area contributed by atoms with Crippen LogP contribution in [0.2, 0.25) is 0 Å². The van der Waals surface area contributed by atoms with Crippen molar-refractivity contribution in [1.29, 1.82) is 0 Å². The third-order valence-electron chi connectivity index (χ3n) is 5.03. The first kappa shape index (κ1) is 19.3. The van der Waals surface area contributed by atoms with Gasteiger partial charge in [-0.05, 0) is 44.0 Å². The molecule has 0 radical (unpaired) electrons. The highest BCUT2D eigenvalue weighted by molar-refractivity contribution is 5.96. The third kappa shape index (κ3) is 4.84. The van der Waals surface area contributed by atoms with Gasteiger partial charge >= 0.3 is 5.97 Å². The topological polar surface area (TPSA) is 99.8 Å². The van der Waals surface area contributed by atoms with Gasteiger partial charge in [0.05, 0.1) is 12.7 Å². The molecule has 0 aromatic heterocycles. The first-order valence-corrected chi connectivity index (χ1v) is 9.25. The van der Waals surface area contributed by atoms with Gasteiger partial charge in [0.15, 0.2) is 0 Å². The molecule has 27 heavy (non-hydrogen) atoms. The fraction of sp³-hybridized carbons (Fsp3) is 0.526. The number of rotatable bonds is 4. The molecular weight excluding hydrogens is 348 g/mol. The average Bonchev–Trinajstić information content (AvgIpc) is 2.67. The number of carbonyl (C=O) groups is 3. The van der Waals surface area contributed by atoms with E-state index in [2.05, 4.69) is 25.6 Å². The van der Waals surface area contributed by atoms with E-state index in [1.54, 1.807) is 24.3 Å². The first-order valence-electron chi connectivity index (χ1n) is 9.25. The van der Waals surface area contributed by atoms with Gasteiger partial charge in [-0.25, -0.2) is 4.79 Å². The lowest BCUT2D eigenvalue weighted by molar-refractivity contribution is -0.127. The molecule has 0 aliphatic carbocycles. The predicted molar refractivity (Wildman–Crippen MR) is 99.0 cm³/mol. The Labute approximate surface area is 158 Å². The van der Waals surface area contributed by atoms with Crippen LogP contribution in [0, 0.1) is 0 Å². The second kappa shape index (κ2) is 8.49. The van der Waals surface area contributed by atoms with Crippen molar-refractivity contribution >= 4 is 17.8 Å². The molecule has 0 bridgehead atoms. The molecule has 146 valence electrons. The summed E-state index contributed by atoms with van der Waals surface area (Å²) in [7, 11) is 1.32. The monoisotopic (exact) mass is 374 g/mol. The van der Waals surface area contributed by atoms with Gasteiger partial charge < -0.3 is 15.4 Å². The second-order valence-corrected chi connectivity index (χ2v) is 7.09. The largest absolute Gasteiger partial charge is 0.465 e. The Morgan fingerprint density at radius 2 is 1.78 bits per heavy atom. The molecular formula is C19H26N4O4. The Bertz CT molecular complexity index is 698. The van der Waals surface area contributed by atoms with Crippen LogP contribution in [0.4, 0.5) is 0 Å². The zero-order valence-corrected chi connectivity index (χ0v) is 15.7. The van der Waals surface area contributed by atoms with Gasteiger partial charge in [0, 0.05) is 37.2 Å². The lowest BCUT2D eigenvalue weighted by Crippen LogP contribution is -2.65. The third-order valence-corrected chi connectivity index (χ3v) is 5.03. The lowest BCUT2D eigenvalue weighted by Gasteiger charge is -2.41. The summed E-state index contributed by atoms with van der Waals surface area (Å²) in [5, 5.41) is 9.40. The van der Waals surface area contributed by atoms with E-state index in [4.69, 9.17) is 0 Å². The number of likely N-dealkylation sites (tertiary alicyclic amines) is 1. The van der Waals surface area contributed by atoms with Gasteiger partial charge in [-0.3, -0.25) is 19.8 Å². The van der Waals surface area contributed by atoms with E-state index in [9.17, 15) is 14.4 Å². The SMILES string of the molecule is COC(=O)c1ccc(C(=O)NC2CCN(C3NC(=O)CC(C)N3)CC2)cc1. The number of esters is 1. The average molecular weight is 374 g/mol. The normalized spacial score (nSPS) is 24.1. The maximum absolute atomic E-state index is 12.4. The highest BCUT2D eigenvalue weighted by Crippen LogP contribution is 2.15. The van der Waals surface area contributed by atoms with Crippen molar-refractivity contribution in [2.75, 3.05) is 20.2 Å². The van der Waals surface area contributed by atoms with Gasteiger partial charge in [-0.15, -0.1) is 0 Å². The Kier molecular flexibility index (Phi) is 6.08. The highest BCUT2D eigenvalue weighted by Gasteiger charge is 2.30. The summed E-state index contributed by atoms with van der Waals surface area (Å²) in [6.45, 7) is 3.58. The molecule has 8 heteroatoms. The van der Waals surface area contributed by atoms with Crippen LogP contribution in [-0.2, 0) is 9.53 Å². The van der Waals surface area contributed by atoms with E-state index in [1.165, 1.54) is 7.11 Å². The second-order valence-electron chi connectivity index (χ2n) is 7.09. The van der Waals surface area contributed by atoms with Crippen molar-refractivity contribution in [2.24, 2.45) is 0 Å². The van der Waals surface area contributed by atoms with Crippen LogP contribution in [0.3, 0.4) is 0 Å². The highest BCUT2D eigenvalue weighted by atomic mass is 16.5. The number of ether oxygens (including phenoxy) is 1. The maximum atomic E-state index is 12.4. The molecule has 0 spiro atoms. The zero-order valence-electron chi connectivity index (χ0n) is 15.7. The Hall–Kier alpha value is -2.45. The maximum Gasteiger partial charge on any atom is 0.337 e. The van der Waals surface area contributed by atoms with Gasteiger partial charge in [-0.2, -0.15) is 0 Å². The molecule has 8 nitrogen and oxygen atoms in total. The molecule has 1 aromatic carbocycles. The number of hydrogen-bond acceptors (Lipinski definition) is 6. The van der Waals surface area contributed by atoms with Crippen molar-refractivity contribution in [3.05, 3.63) is 35.4 Å². The van der Waals surface area contributed by atoms with E-state index in [1.807, 2.05) is 6.92 Å². The molecule has 2 aliphatic rings. The quantitative estimate of drug-likeness (QED) is 0.662. The standard InChI is InChI=1S/C19H26N4O4/c1-12-11-16(24)22-19(20-12)23-9-7-15(8-10-23)21-17(25)13-3-5-14(6-4-13)18(26)27-2/h3-6,12,15,19-20H,7-11H2,1-2H3,(H,21,25)(H,22,24). The summed E-state index contributed by atoms with van der Waals surface area (Å²) in [5.41, 5.74) is 0.929. The number of benzene rings is 1. The molecule has 2 saturated heterocycles. The summed E-state index contributed by atoms with van der Waals surface area (Å²) in [5.74, 6) is -0.508. The molecule has 2 unspecified atom stereocenters. The minimum atomic E-state index is -0.424. The van der Waals surface area contributed by atoms with E-state index < -0.39 is 5.97 Å². The van der Waals surface area contributed by atoms with E-state index in [-0.39, 0.29) is 30.2 Å². The van der Waals surface area contributed by atoms with Crippen LogP contribution in [0.1, 0.15) is 46.9 Å². The molecule has 2 amide bonds. The van der Waals surface area contributed by atoms with Gasteiger partial charge in [-0.1, -0.05) is 0 Å². The number of carbonyl (C=O) groups excluding carboxylic acids is 3. The summed E-state index contributed by atoms with van der Waals surface area (Å²) < 4.78 is 4.66. The number of hydrogen-bond donors (Lipinski definition) is 3. The van der Waals surface area contributed by atoms with Crippen molar-refractivity contribution in [2.45, 2.75) is 44.6 Å². The zero-order chi connectivity index (χ0) is 19.4. The predicted octanol–water partition coefficient (Wildman–Crippen LogP) is 0.449. The number of piperidine rings is 1. The Balaban J connectivity index is 1.49. The van der Waals surface area contributed by atoms with Gasteiger partial charge in [0.1, 0.15) is 6.29 Å². The molecule has 3 rings (SSSR count). The van der Waals surface area contributed by atoms with Gasteiger partial charge in [0.25, 0.3) is 5.91 Å². The minimum Gasteiger partial charge on any atom is -0.465 e. The molecule has 2 aliphatic heterocycles. The number of nitrogens with one attached hydrogen (secondary N) is 3. The van der Waals surface area contributed by atoms with Crippen molar-refractivity contribution < 1.29 is 19.1 Å². The van der Waals surface area contributed by atoms with E-state index >= 15 is 0 Å². The molecule has 2 heterocycles. The molecule has 0 saturated carbocycles. The van der Waals surface area contributed by atoms with Crippen molar-refractivity contribution in [1.82, 2.24) is 20.9 Å². The lowest BCUT2D eigenvalue weighted by atomic mass is 10.0. The Morgan fingerprint density at radius 1 is 1.15 bits per heavy atom. The minimum absolute atomic E-state index is 0.0667. The van der Waals surface area contributed by atoms with E-state index in [0.717, 1.165) is 25.9 Å². The molecule has 2 atom stereocenters. The first-order chi connectivity index (χ1) is 13.0. The molecule has 2 fully saturated rings. The van der Waals surface area contributed by atoms with Crippen LogP contribution in [-0.4, -0.2) is 61.3 Å². The van der Waals surface area contributed by atoms with Crippen molar-refractivity contribution in [3.8, 4) is 0 Å². The Morgan fingerprint density at radius 3 is 2.37 bits per heavy atom. The van der Waals surface area contributed by atoms with Crippen LogP contribution in [0.15, 0.2) is 24.3 Å². The van der Waals surface area contributed by atoms with Crippen LogP contribution < -0.4 is 16.0 Å². The molecule has 1 aromatic rings. The van der Waals surface area contributed by atoms with Crippen LogP contribution in [0.25, 0.3) is 0 Å². The number of amides is 2. The van der Waals surface area contributed by atoms with Crippen molar-refractivity contribution in [3.63, 3.8) is 0 Å².